The van der Waals surface area contributed by atoms with Gasteiger partial charge in [-0.15, -0.1) is 10.2 Å². The van der Waals surface area contributed by atoms with Crippen LogP contribution in [0.1, 0.15) is 10.5 Å². The predicted octanol–water partition coefficient (Wildman–Crippen LogP) is 0.187. The lowest BCUT2D eigenvalue weighted by Gasteiger charge is -2.08. The Morgan fingerprint density at radius 1 is 1.38 bits per heavy atom. The molecule has 1 aromatic rings. The summed E-state index contributed by atoms with van der Waals surface area (Å²) in [6, 6.07) is 3.18. The number of hydrogen-bond donors (Lipinski definition) is 0. The van der Waals surface area contributed by atoms with Crippen LogP contribution in [0.15, 0.2) is 12.1 Å². The molecule has 0 radical (unpaired) electrons. The van der Waals surface area contributed by atoms with Crippen LogP contribution in [-0.2, 0) is 0 Å². The van der Waals surface area contributed by atoms with Crippen LogP contribution in [0.4, 0.5) is 0 Å². The molecule has 0 N–H and O–H groups in total. The minimum atomic E-state index is -0.171. The molecule has 1 rings (SSSR count). The van der Waals surface area contributed by atoms with Gasteiger partial charge in [-0.05, 0) is 6.07 Å². The molecule has 0 saturated carbocycles. The van der Waals surface area contributed by atoms with E-state index in [0.717, 1.165) is 0 Å². The highest BCUT2D eigenvalue weighted by Crippen LogP contribution is 2.04. The third-order valence-electron chi connectivity index (χ3n) is 1.47. The zero-order valence-corrected chi connectivity index (χ0v) is 7.81. The van der Waals surface area contributed by atoms with E-state index in [-0.39, 0.29) is 5.91 Å². The van der Waals surface area contributed by atoms with Crippen LogP contribution in [0, 0.1) is 0 Å². The van der Waals surface area contributed by atoms with Gasteiger partial charge < -0.3 is 9.64 Å². The first kappa shape index (κ1) is 9.44. The molecule has 0 unspecified atom stereocenters. The van der Waals surface area contributed by atoms with Crippen molar-refractivity contribution in [2.24, 2.45) is 0 Å². The second kappa shape index (κ2) is 3.84. The maximum absolute atomic E-state index is 11.3. The number of hydrogen-bond acceptors (Lipinski definition) is 4. The summed E-state index contributed by atoms with van der Waals surface area (Å²) in [5, 5.41) is 7.39. The molecular weight excluding hydrogens is 170 g/mol. The summed E-state index contributed by atoms with van der Waals surface area (Å²) in [6.07, 6.45) is 0. The lowest BCUT2D eigenvalue weighted by molar-refractivity contribution is 0.0820. The van der Waals surface area contributed by atoms with Gasteiger partial charge in [0, 0.05) is 20.2 Å². The highest BCUT2D eigenvalue weighted by molar-refractivity contribution is 5.91. The predicted molar refractivity (Wildman–Crippen MR) is 46.6 cm³/mol. The van der Waals surface area contributed by atoms with Crippen molar-refractivity contribution in [2.75, 3.05) is 21.2 Å². The van der Waals surface area contributed by atoms with Crippen molar-refractivity contribution in [1.82, 2.24) is 15.1 Å². The number of aromatic nitrogens is 2. The molecule has 5 heteroatoms. The SMILES string of the molecule is COc1ccc(C(=O)N(C)C)nn1. The second-order valence-corrected chi connectivity index (χ2v) is 2.66. The van der Waals surface area contributed by atoms with E-state index in [1.165, 1.54) is 12.0 Å². The van der Waals surface area contributed by atoms with E-state index in [0.29, 0.717) is 11.6 Å². The first-order valence-corrected chi connectivity index (χ1v) is 3.74. The Bertz CT molecular complexity index is 295. The topological polar surface area (TPSA) is 55.3 Å². The zero-order chi connectivity index (χ0) is 9.84. The van der Waals surface area contributed by atoms with E-state index in [9.17, 15) is 4.79 Å². The zero-order valence-electron chi connectivity index (χ0n) is 7.81. The van der Waals surface area contributed by atoms with Crippen molar-refractivity contribution in [3.63, 3.8) is 0 Å². The van der Waals surface area contributed by atoms with Gasteiger partial charge in [-0.25, -0.2) is 0 Å². The number of carbonyl (C=O) groups excluding carboxylic acids is 1. The summed E-state index contributed by atoms with van der Waals surface area (Å²) >= 11 is 0. The fourth-order valence-electron chi connectivity index (χ4n) is 0.772. The summed E-state index contributed by atoms with van der Waals surface area (Å²) in [5.41, 5.74) is 0.311. The van der Waals surface area contributed by atoms with Gasteiger partial charge in [0.25, 0.3) is 5.91 Å². The Labute approximate surface area is 76.3 Å². The first-order chi connectivity index (χ1) is 6.15. The summed E-state index contributed by atoms with van der Waals surface area (Å²) in [7, 11) is 4.82. The number of amides is 1. The molecule has 0 aliphatic rings. The monoisotopic (exact) mass is 181 g/mol. The van der Waals surface area contributed by atoms with Crippen LogP contribution in [0.3, 0.4) is 0 Å². The Hall–Kier alpha value is -1.65. The van der Waals surface area contributed by atoms with E-state index >= 15 is 0 Å². The van der Waals surface area contributed by atoms with Crippen molar-refractivity contribution in [1.29, 1.82) is 0 Å². The molecule has 0 bridgehead atoms. The van der Waals surface area contributed by atoms with Gasteiger partial charge in [-0.1, -0.05) is 0 Å². The smallest absolute Gasteiger partial charge is 0.273 e. The Morgan fingerprint density at radius 3 is 2.46 bits per heavy atom. The lowest BCUT2D eigenvalue weighted by atomic mass is 10.3. The maximum atomic E-state index is 11.3. The maximum Gasteiger partial charge on any atom is 0.273 e. The van der Waals surface area contributed by atoms with Crippen molar-refractivity contribution in [3.05, 3.63) is 17.8 Å². The number of methoxy groups -OCH3 is 1. The van der Waals surface area contributed by atoms with Crippen LogP contribution in [0.2, 0.25) is 0 Å². The fourth-order valence-corrected chi connectivity index (χ4v) is 0.772. The minimum absolute atomic E-state index is 0.171. The van der Waals surface area contributed by atoms with Gasteiger partial charge in [0.05, 0.1) is 7.11 Å². The number of ether oxygens (including phenoxy) is 1. The molecule has 1 aromatic heterocycles. The molecule has 0 saturated heterocycles. The highest BCUT2D eigenvalue weighted by atomic mass is 16.5. The van der Waals surface area contributed by atoms with Crippen LogP contribution in [-0.4, -0.2) is 42.2 Å². The van der Waals surface area contributed by atoms with Crippen molar-refractivity contribution < 1.29 is 9.53 Å². The van der Waals surface area contributed by atoms with Crippen molar-refractivity contribution in [2.45, 2.75) is 0 Å². The molecule has 0 aliphatic heterocycles. The average Bonchev–Trinajstić information content (AvgIpc) is 2.17. The molecule has 0 atom stereocenters. The summed E-state index contributed by atoms with van der Waals surface area (Å²) in [5.74, 6) is 0.227. The average molecular weight is 181 g/mol. The highest BCUT2D eigenvalue weighted by Gasteiger charge is 2.09. The van der Waals surface area contributed by atoms with Crippen molar-refractivity contribution >= 4 is 5.91 Å². The van der Waals surface area contributed by atoms with Crippen LogP contribution in [0.5, 0.6) is 5.88 Å². The number of carbonyl (C=O) groups is 1. The van der Waals surface area contributed by atoms with Crippen molar-refractivity contribution in [3.8, 4) is 5.88 Å². The van der Waals surface area contributed by atoms with Crippen LogP contribution < -0.4 is 4.74 Å². The Morgan fingerprint density at radius 2 is 2.08 bits per heavy atom. The van der Waals surface area contributed by atoms with Crippen LogP contribution >= 0.6 is 0 Å². The molecule has 13 heavy (non-hydrogen) atoms. The van der Waals surface area contributed by atoms with E-state index < -0.39 is 0 Å². The van der Waals surface area contributed by atoms with Gasteiger partial charge in [0.15, 0.2) is 5.69 Å². The summed E-state index contributed by atoms with van der Waals surface area (Å²) < 4.78 is 4.81. The van der Waals surface area contributed by atoms with Gasteiger partial charge in [0.1, 0.15) is 0 Å². The normalized spacial score (nSPS) is 9.46. The Balaban J connectivity index is 2.86. The quantitative estimate of drug-likeness (QED) is 0.653. The van der Waals surface area contributed by atoms with E-state index in [1.807, 2.05) is 0 Å². The third kappa shape index (κ3) is 2.14. The molecular formula is C8H11N3O2. The second-order valence-electron chi connectivity index (χ2n) is 2.66. The minimum Gasteiger partial charge on any atom is -0.480 e. The third-order valence-corrected chi connectivity index (χ3v) is 1.47. The van der Waals surface area contributed by atoms with Gasteiger partial charge in [-0.2, -0.15) is 0 Å². The standard InChI is InChI=1S/C8H11N3O2/c1-11(2)8(12)6-4-5-7(13-3)10-9-6/h4-5H,1-3H3. The lowest BCUT2D eigenvalue weighted by Crippen LogP contribution is -2.23. The number of nitrogens with zero attached hydrogens (tertiary/aromatic N) is 3. The first-order valence-electron chi connectivity index (χ1n) is 3.74. The molecule has 0 fully saturated rings. The molecule has 5 nitrogen and oxygen atoms in total. The van der Waals surface area contributed by atoms with E-state index in [4.69, 9.17) is 4.74 Å². The molecule has 0 aliphatic carbocycles. The molecule has 0 spiro atoms. The molecule has 1 heterocycles. The van der Waals surface area contributed by atoms with E-state index in [2.05, 4.69) is 10.2 Å². The van der Waals surface area contributed by atoms with Gasteiger partial charge >= 0.3 is 0 Å². The van der Waals surface area contributed by atoms with E-state index in [1.54, 1.807) is 26.2 Å². The number of rotatable bonds is 2. The summed E-state index contributed by atoms with van der Waals surface area (Å²) in [6.45, 7) is 0. The fraction of sp³-hybridized carbons (Fsp3) is 0.375. The van der Waals surface area contributed by atoms with Gasteiger partial charge in [0.2, 0.25) is 5.88 Å². The van der Waals surface area contributed by atoms with Gasteiger partial charge in [-0.3, -0.25) is 4.79 Å². The molecule has 70 valence electrons. The summed E-state index contributed by atoms with van der Waals surface area (Å²) in [4.78, 5) is 12.8. The Kier molecular flexibility index (Phi) is 2.79. The molecule has 1 amide bonds. The molecule has 0 aromatic carbocycles. The van der Waals surface area contributed by atoms with Crippen LogP contribution in [0.25, 0.3) is 0 Å². The largest absolute Gasteiger partial charge is 0.480 e.